The minimum absolute atomic E-state index is 0.133. The summed E-state index contributed by atoms with van der Waals surface area (Å²) in [5.74, 6) is -0.322. The van der Waals surface area contributed by atoms with Crippen molar-refractivity contribution >= 4 is 16.0 Å². The van der Waals surface area contributed by atoms with Crippen LogP contribution in [0.2, 0.25) is 0 Å². The molecule has 0 amide bonds. The Morgan fingerprint density at radius 3 is 2.68 bits per heavy atom. The topological polar surface area (TPSA) is 83.9 Å². The minimum Gasteiger partial charge on any atom is -0.481 e. The average Bonchev–Trinajstić information content (AvgIpc) is 2.26. The van der Waals surface area contributed by atoms with Crippen molar-refractivity contribution in [1.29, 1.82) is 0 Å². The van der Waals surface area contributed by atoms with Crippen LogP contribution in [-0.4, -0.2) is 55.4 Å². The van der Waals surface area contributed by atoms with Gasteiger partial charge in [0.2, 0.25) is 10.0 Å². The third-order valence-electron chi connectivity index (χ3n) is 3.95. The van der Waals surface area contributed by atoms with Crippen molar-refractivity contribution in [3.8, 4) is 0 Å². The number of carbonyl (C=O) groups is 1. The molecule has 0 spiro atoms. The molecule has 2 fully saturated rings. The summed E-state index contributed by atoms with van der Waals surface area (Å²) in [7, 11) is -3.36. The van der Waals surface area contributed by atoms with Crippen molar-refractivity contribution in [2.45, 2.75) is 38.1 Å². The predicted molar refractivity (Wildman–Crippen MR) is 69.3 cm³/mol. The van der Waals surface area contributed by atoms with Crippen molar-refractivity contribution in [1.82, 2.24) is 4.31 Å². The third kappa shape index (κ3) is 3.90. The fraction of sp³-hybridized carbons (Fsp3) is 0.917. The summed E-state index contributed by atoms with van der Waals surface area (Å²) in [6, 6.07) is -0.558. The zero-order valence-electron chi connectivity index (χ0n) is 11.0. The van der Waals surface area contributed by atoms with Crippen LogP contribution in [0.4, 0.5) is 0 Å². The standard InChI is InChI=1S/C12H21NO5S/c14-12(15)8-11-9-18-6-5-13(11)19(16,17)7-4-10-2-1-3-10/h10-11H,1-9H2,(H,14,15). The van der Waals surface area contributed by atoms with Gasteiger partial charge in [-0.1, -0.05) is 19.3 Å². The molecule has 0 radical (unpaired) electrons. The Balaban J connectivity index is 1.96. The molecule has 2 rings (SSSR count). The molecule has 110 valence electrons. The molecule has 0 bridgehead atoms. The number of nitrogens with zero attached hydrogens (tertiary/aromatic N) is 1. The number of carboxylic acids is 1. The molecule has 2 aliphatic rings. The lowest BCUT2D eigenvalue weighted by molar-refractivity contribution is -0.139. The van der Waals surface area contributed by atoms with Gasteiger partial charge < -0.3 is 9.84 Å². The second-order valence-corrected chi connectivity index (χ2v) is 7.38. The van der Waals surface area contributed by atoms with E-state index < -0.39 is 22.0 Å². The summed E-state index contributed by atoms with van der Waals surface area (Å²) in [6.45, 7) is 0.790. The van der Waals surface area contributed by atoms with E-state index in [4.69, 9.17) is 9.84 Å². The highest BCUT2D eigenvalue weighted by Crippen LogP contribution is 2.30. The SMILES string of the molecule is O=C(O)CC1COCCN1S(=O)(=O)CCC1CCC1. The van der Waals surface area contributed by atoms with E-state index in [-0.39, 0.29) is 25.3 Å². The normalized spacial score (nSPS) is 26.0. The van der Waals surface area contributed by atoms with Crippen LogP contribution in [0.3, 0.4) is 0 Å². The van der Waals surface area contributed by atoms with Crippen LogP contribution in [0.15, 0.2) is 0 Å². The first kappa shape index (κ1) is 14.7. The summed E-state index contributed by atoms with van der Waals surface area (Å²) >= 11 is 0. The fourth-order valence-electron chi connectivity index (χ4n) is 2.58. The van der Waals surface area contributed by atoms with Crippen LogP contribution in [0, 0.1) is 5.92 Å². The van der Waals surface area contributed by atoms with Gasteiger partial charge in [0.05, 0.1) is 31.4 Å². The van der Waals surface area contributed by atoms with Crippen molar-refractivity contribution in [2.75, 3.05) is 25.5 Å². The lowest BCUT2D eigenvalue weighted by atomic mass is 9.84. The smallest absolute Gasteiger partial charge is 0.305 e. The molecular weight excluding hydrogens is 270 g/mol. The monoisotopic (exact) mass is 291 g/mol. The highest BCUT2D eigenvalue weighted by Gasteiger charge is 2.34. The molecule has 1 N–H and O–H groups in total. The van der Waals surface area contributed by atoms with Crippen LogP contribution in [0.1, 0.15) is 32.1 Å². The largest absolute Gasteiger partial charge is 0.481 e. The average molecular weight is 291 g/mol. The van der Waals surface area contributed by atoms with Crippen molar-refractivity contribution in [3.63, 3.8) is 0 Å². The second-order valence-electron chi connectivity index (χ2n) is 5.34. The van der Waals surface area contributed by atoms with Gasteiger partial charge in [0.1, 0.15) is 0 Å². The second kappa shape index (κ2) is 6.19. The maximum absolute atomic E-state index is 12.3. The first-order chi connectivity index (χ1) is 8.99. The van der Waals surface area contributed by atoms with E-state index >= 15 is 0 Å². The summed E-state index contributed by atoms with van der Waals surface area (Å²) < 4.78 is 31.1. The highest BCUT2D eigenvalue weighted by atomic mass is 32.2. The first-order valence-corrected chi connectivity index (χ1v) is 8.39. The molecular formula is C12H21NO5S. The van der Waals surface area contributed by atoms with Crippen molar-refractivity contribution < 1.29 is 23.1 Å². The van der Waals surface area contributed by atoms with Crippen molar-refractivity contribution in [2.24, 2.45) is 5.92 Å². The molecule has 0 aromatic heterocycles. The molecule has 1 heterocycles. The van der Waals surface area contributed by atoms with Gasteiger partial charge in [-0.05, 0) is 12.3 Å². The number of morpholine rings is 1. The van der Waals surface area contributed by atoms with E-state index in [1.165, 1.54) is 10.7 Å². The molecule has 1 aliphatic carbocycles. The Morgan fingerprint density at radius 2 is 2.11 bits per heavy atom. The summed E-state index contributed by atoms with van der Waals surface area (Å²) in [4.78, 5) is 10.8. The molecule has 6 nitrogen and oxygen atoms in total. The first-order valence-electron chi connectivity index (χ1n) is 6.78. The van der Waals surface area contributed by atoms with Crippen LogP contribution in [-0.2, 0) is 19.6 Å². The van der Waals surface area contributed by atoms with E-state index in [9.17, 15) is 13.2 Å². The van der Waals surface area contributed by atoms with E-state index in [0.29, 0.717) is 18.9 Å². The number of ether oxygens (including phenoxy) is 1. The van der Waals surface area contributed by atoms with E-state index in [2.05, 4.69) is 0 Å². The minimum atomic E-state index is -3.36. The summed E-state index contributed by atoms with van der Waals surface area (Å²) in [6.07, 6.45) is 3.94. The third-order valence-corrected chi connectivity index (χ3v) is 5.90. The zero-order chi connectivity index (χ0) is 13.9. The van der Waals surface area contributed by atoms with Crippen LogP contribution in [0.25, 0.3) is 0 Å². The zero-order valence-corrected chi connectivity index (χ0v) is 11.8. The number of carboxylic acid groups (broad SMARTS) is 1. The summed E-state index contributed by atoms with van der Waals surface area (Å²) in [5.41, 5.74) is 0. The molecule has 1 unspecified atom stereocenters. The Bertz CT molecular complexity index is 418. The number of rotatable bonds is 6. The molecule has 1 atom stereocenters. The number of aliphatic carboxylic acids is 1. The lowest BCUT2D eigenvalue weighted by Crippen LogP contribution is -2.50. The molecule has 1 saturated carbocycles. The molecule has 0 aromatic rings. The number of hydrogen-bond acceptors (Lipinski definition) is 4. The molecule has 1 aliphatic heterocycles. The Hall–Kier alpha value is -0.660. The number of sulfonamides is 1. The van der Waals surface area contributed by atoms with Gasteiger partial charge in [-0.3, -0.25) is 4.79 Å². The Morgan fingerprint density at radius 1 is 1.37 bits per heavy atom. The van der Waals surface area contributed by atoms with Gasteiger partial charge in [0.15, 0.2) is 0 Å². The molecule has 7 heteroatoms. The molecule has 1 saturated heterocycles. The van der Waals surface area contributed by atoms with Gasteiger partial charge in [0.25, 0.3) is 0 Å². The Kier molecular flexibility index (Phi) is 4.81. The van der Waals surface area contributed by atoms with Gasteiger partial charge in [0, 0.05) is 6.54 Å². The van der Waals surface area contributed by atoms with Gasteiger partial charge in [-0.2, -0.15) is 4.31 Å². The van der Waals surface area contributed by atoms with Crippen LogP contribution in [0.5, 0.6) is 0 Å². The predicted octanol–water partition coefficient (Wildman–Crippen LogP) is 0.682. The highest BCUT2D eigenvalue weighted by molar-refractivity contribution is 7.89. The van der Waals surface area contributed by atoms with Gasteiger partial charge >= 0.3 is 5.97 Å². The lowest BCUT2D eigenvalue weighted by Gasteiger charge is -2.34. The molecule has 0 aromatic carbocycles. The van der Waals surface area contributed by atoms with Gasteiger partial charge in [-0.25, -0.2) is 8.42 Å². The summed E-state index contributed by atoms with van der Waals surface area (Å²) in [5, 5.41) is 8.84. The van der Waals surface area contributed by atoms with E-state index in [1.807, 2.05) is 0 Å². The van der Waals surface area contributed by atoms with Gasteiger partial charge in [-0.15, -0.1) is 0 Å². The molecule has 19 heavy (non-hydrogen) atoms. The quantitative estimate of drug-likeness (QED) is 0.778. The Labute approximate surface area is 113 Å². The van der Waals surface area contributed by atoms with E-state index in [0.717, 1.165) is 12.8 Å². The van der Waals surface area contributed by atoms with E-state index in [1.54, 1.807) is 0 Å². The van der Waals surface area contributed by atoms with Crippen LogP contribution < -0.4 is 0 Å². The maximum Gasteiger partial charge on any atom is 0.305 e. The van der Waals surface area contributed by atoms with Crippen LogP contribution >= 0.6 is 0 Å². The maximum atomic E-state index is 12.3. The van der Waals surface area contributed by atoms with Crippen molar-refractivity contribution in [3.05, 3.63) is 0 Å². The fourth-order valence-corrected chi connectivity index (χ4v) is 4.39. The number of hydrogen-bond donors (Lipinski definition) is 1.